The maximum absolute atomic E-state index is 12.2. The second-order valence-corrected chi connectivity index (χ2v) is 9.26. The van der Waals surface area contributed by atoms with E-state index in [-0.39, 0.29) is 10.6 Å². The second kappa shape index (κ2) is 7.11. The molecule has 1 saturated carbocycles. The highest BCUT2D eigenvalue weighted by molar-refractivity contribution is 7.90. The number of hydrogen-bond donors (Lipinski definition) is 1. The van der Waals surface area contributed by atoms with E-state index in [4.69, 9.17) is 5.73 Å². The van der Waals surface area contributed by atoms with Crippen LogP contribution in [0.1, 0.15) is 30.3 Å². The molecule has 4 rings (SSSR count). The molecule has 0 spiro atoms. The first-order valence-electron chi connectivity index (χ1n) is 9.47. The van der Waals surface area contributed by atoms with Crippen molar-refractivity contribution >= 4 is 32.3 Å². The molecule has 7 nitrogen and oxygen atoms in total. The number of primary amides is 1. The van der Waals surface area contributed by atoms with Gasteiger partial charge in [-0.15, -0.1) is 10.2 Å². The zero-order valence-corrected chi connectivity index (χ0v) is 17.1. The third-order valence-electron chi connectivity index (χ3n) is 5.18. The molecule has 0 saturated heterocycles. The van der Waals surface area contributed by atoms with Crippen molar-refractivity contribution in [1.82, 2.24) is 10.2 Å². The molecule has 29 heavy (non-hydrogen) atoms. The Morgan fingerprint density at radius 3 is 2.52 bits per heavy atom. The molecular weight excluding hydrogens is 388 g/mol. The summed E-state index contributed by atoms with van der Waals surface area (Å²) < 4.78 is 24.4. The number of nitrogens with two attached hydrogens (primary N) is 1. The van der Waals surface area contributed by atoms with Crippen molar-refractivity contribution in [3.05, 3.63) is 48.2 Å². The van der Waals surface area contributed by atoms with Crippen LogP contribution >= 0.6 is 0 Å². The summed E-state index contributed by atoms with van der Waals surface area (Å²) in [7, 11) is -3.39. The largest absolute Gasteiger partial charge is 0.366 e. The average molecular weight is 410 g/mol. The Kier molecular flexibility index (Phi) is 4.74. The van der Waals surface area contributed by atoms with E-state index in [0.717, 1.165) is 30.3 Å². The topological polar surface area (TPSA) is 106 Å². The maximum atomic E-state index is 12.2. The number of benzene rings is 2. The summed E-state index contributed by atoms with van der Waals surface area (Å²) in [6, 6.07) is 12.8. The number of rotatable bonds is 6. The van der Waals surface area contributed by atoms with Gasteiger partial charge in [-0.05, 0) is 43.5 Å². The molecule has 8 heteroatoms. The van der Waals surface area contributed by atoms with Gasteiger partial charge < -0.3 is 10.6 Å². The first-order valence-corrected chi connectivity index (χ1v) is 11.4. The highest BCUT2D eigenvalue weighted by Gasteiger charge is 2.32. The van der Waals surface area contributed by atoms with E-state index in [0.29, 0.717) is 22.8 Å². The van der Waals surface area contributed by atoms with Crippen LogP contribution < -0.4 is 10.6 Å². The van der Waals surface area contributed by atoms with E-state index in [9.17, 15) is 13.2 Å². The van der Waals surface area contributed by atoms with Gasteiger partial charge in [0.15, 0.2) is 15.5 Å². The SMILES string of the molecule is CCN(c1c(C(N)=O)nnc2cc(-c3ccccc3S(C)(=O)=O)ccc12)C1CC1. The van der Waals surface area contributed by atoms with Crippen LogP contribution in [0.15, 0.2) is 47.4 Å². The summed E-state index contributed by atoms with van der Waals surface area (Å²) in [6.07, 6.45) is 3.32. The number of amides is 1. The van der Waals surface area contributed by atoms with Gasteiger partial charge in [0.25, 0.3) is 5.91 Å². The van der Waals surface area contributed by atoms with Gasteiger partial charge in [0.2, 0.25) is 0 Å². The minimum atomic E-state index is -3.39. The number of hydrogen-bond acceptors (Lipinski definition) is 6. The highest BCUT2D eigenvalue weighted by atomic mass is 32.2. The Hall–Kier alpha value is -3.00. The molecule has 0 aliphatic heterocycles. The lowest BCUT2D eigenvalue weighted by Gasteiger charge is -2.25. The molecule has 1 aliphatic carbocycles. The standard InChI is InChI=1S/C21H22N4O3S/c1-3-25(14-9-10-14)20-16-11-8-13(12-17(16)23-24-19(20)21(22)26)15-6-4-5-7-18(15)29(2,27)28/h4-8,11-12,14H,3,9-10H2,1-2H3,(H2,22,26). The maximum Gasteiger partial charge on any atom is 0.271 e. The first kappa shape index (κ1) is 19.3. The smallest absolute Gasteiger partial charge is 0.271 e. The number of carbonyl (C=O) groups excluding carboxylic acids is 1. The Morgan fingerprint density at radius 1 is 1.17 bits per heavy atom. The Morgan fingerprint density at radius 2 is 1.90 bits per heavy atom. The summed E-state index contributed by atoms with van der Waals surface area (Å²) in [5.41, 5.74) is 8.35. The van der Waals surface area contributed by atoms with Gasteiger partial charge >= 0.3 is 0 Å². The normalized spacial score (nSPS) is 14.1. The minimum Gasteiger partial charge on any atom is -0.366 e. The lowest BCUT2D eigenvalue weighted by Crippen LogP contribution is -2.29. The van der Waals surface area contributed by atoms with Gasteiger partial charge in [0, 0.05) is 29.8 Å². The molecule has 0 bridgehead atoms. The van der Waals surface area contributed by atoms with Gasteiger partial charge in [-0.1, -0.05) is 24.3 Å². The molecule has 1 heterocycles. The Labute approximate surface area is 169 Å². The molecule has 0 radical (unpaired) electrons. The summed E-state index contributed by atoms with van der Waals surface area (Å²) in [5.74, 6) is -0.611. The average Bonchev–Trinajstić information content (AvgIpc) is 3.52. The summed E-state index contributed by atoms with van der Waals surface area (Å²) in [5, 5.41) is 9.10. The Balaban J connectivity index is 1.93. The van der Waals surface area contributed by atoms with Crippen molar-refractivity contribution in [2.75, 3.05) is 17.7 Å². The molecule has 0 unspecified atom stereocenters. The van der Waals surface area contributed by atoms with Gasteiger partial charge in [0.05, 0.1) is 16.1 Å². The van der Waals surface area contributed by atoms with Gasteiger partial charge in [0.1, 0.15) is 0 Å². The van der Waals surface area contributed by atoms with E-state index in [1.54, 1.807) is 30.3 Å². The van der Waals surface area contributed by atoms with E-state index in [2.05, 4.69) is 15.1 Å². The molecule has 1 amide bonds. The third-order valence-corrected chi connectivity index (χ3v) is 6.34. The van der Waals surface area contributed by atoms with E-state index in [1.807, 2.05) is 19.1 Å². The number of fused-ring (bicyclic) bond motifs is 1. The molecule has 150 valence electrons. The van der Waals surface area contributed by atoms with E-state index < -0.39 is 15.7 Å². The van der Waals surface area contributed by atoms with Crippen LogP contribution in [0, 0.1) is 0 Å². The van der Waals surface area contributed by atoms with Crippen LogP contribution in [0.5, 0.6) is 0 Å². The first-order chi connectivity index (χ1) is 13.8. The number of nitrogens with zero attached hydrogens (tertiary/aromatic N) is 3. The molecule has 0 atom stereocenters. The molecule has 1 fully saturated rings. The zero-order chi connectivity index (χ0) is 20.8. The lowest BCUT2D eigenvalue weighted by molar-refractivity contribution is 0.0995. The molecule has 2 N–H and O–H groups in total. The van der Waals surface area contributed by atoms with Gasteiger partial charge in [-0.3, -0.25) is 4.79 Å². The number of aromatic nitrogens is 2. The van der Waals surface area contributed by atoms with Gasteiger partial charge in [-0.2, -0.15) is 0 Å². The Bertz CT molecular complexity index is 1220. The lowest BCUT2D eigenvalue weighted by atomic mass is 10.0. The zero-order valence-electron chi connectivity index (χ0n) is 16.3. The molecule has 2 aromatic carbocycles. The third kappa shape index (κ3) is 3.55. The van der Waals surface area contributed by atoms with Crippen molar-refractivity contribution in [2.24, 2.45) is 5.73 Å². The molecule has 3 aromatic rings. The number of sulfone groups is 1. The minimum absolute atomic E-state index is 0.163. The fourth-order valence-corrected chi connectivity index (χ4v) is 4.64. The monoisotopic (exact) mass is 410 g/mol. The second-order valence-electron chi connectivity index (χ2n) is 7.28. The van der Waals surface area contributed by atoms with Crippen molar-refractivity contribution in [1.29, 1.82) is 0 Å². The van der Waals surface area contributed by atoms with Crippen LogP contribution in [0.4, 0.5) is 5.69 Å². The van der Waals surface area contributed by atoms with E-state index >= 15 is 0 Å². The van der Waals surface area contributed by atoms with Crippen molar-refractivity contribution in [2.45, 2.75) is 30.7 Å². The molecular formula is C21H22N4O3S. The summed E-state index contributed by atoms with van der Waals surface area (Å²) in [4.78, 5) is 14.4. The highest BCUT2D eigenvalue weighted by Crippen LogP contribution is 2.38. The van der Waals surface area contributed by atoms with Crippen LogP contribution in [-0.4, -0.2) is 43.4 Å². The summed E-state index contributed by atoms with van der Waals surface area (Å²) >= 11 is 0. The van der Waals surface area contributed by atoms with Crippen LogP contribution in [0.25, 0.3) is 22.0 Å². The predicted octanol–water partition coefficient (Wildman–Crippen LogP) is 2.79. The van der Waals surface area contributed by atoms with Crippen LogP contribution in [0.2, 0.25) is 0 Å². The quantitative estimate of drug-likeness (QED) is 0.670. The summed E-state index contributed by atoms with van der Waals surface area (Å²) in [6.45, 7) is 2.76. The van der Waals surface area contributed by atoms with Crippen molar-refractivity contribution in [3.8, 4) is 11.1 Å². The predicted molar refractivity (Wildman–Crippen MR) is 113 cm³/mol. The fourth-order valence-electron chi connectivity index (χ4n) is 3.73. The molecule has 1 aromatic heterocycles. The van der Waals surface area contributed by atoms with Crippen molar-refractivity contribution in [3.63, 3.8) is 0 Å². The number of carbonyl (C=O) groups is 1. The van der Waals surface area contributed by atoms with E-state index in [1.165, 1.54) is 6.26 Å². The molecule has 1 aliphatic rings. The fraction of sp³-hybridized carbons (Fsp3) is 0.286. The number of anilines is 1. The van der Waals surface area contributed by atoms with Crippen molar-refractivity contribution < 1.29 is 13.2 Å². The van der Waals surface area contributed by atoms with Gasteiger partial charge in [-0.25, -0.2) is 8.42 Å². The van der Waals surface area contributed by atoms with Crippen LogP contribution in [-0.2, 0) is 9.84 Å². The van der Waals surface area contributed by atoms with Crippen LogP contribution in [0.3, 0.4) is 0 Å².